The maximum atomic E-state index is 12.3. The first-order chi connectivity index (χ1) is 9.91. The second kappa shape index (κ2) is 6.30. The number of carbonyl (C=O) groups excluding carboxylic acids is 1. The van der Waals surface area contributed by atoms with E-state index in [9.17, 15) is 4.79 Å². The number of nitrogens with zero attached hydrogens (tertiary/aromatic N) is 3. The first kappa shape index (κ1) is 15.6. The fourth-order valence-corrected chi connectivity index (χ4v) is 3.08. The van der Waals surface area contributed by atoms with E-state index in [1.807, 2.05) is 51.0 Å². The number of hydrogen-bond acceptors (Lipinski definition) is 3. The predicted molar refractivity (Wildman–Crippen MR) is 85.4 cm³/mol. The molecule has 21 heavy (non-hydrogen) atoms. The summed E-state index contributed by atoms with van der Waals surface area (Å²) in [6.45, 7) is 6.52. The van der Waals surface area contributed by atoms with Gasteiger partial charge in [0, 0.05) is 36.8 Å². The molecule has 1 N–H and O–H groups in total. The lowest BCUT2D eigenvalue weighted by atomic mass is 10.2. The molecule has 0 saturated carbocycles. The van der Waals surface area contributed by atoms with Crippen molar-refractivity contribution in [3.8, 4) is 0 Å². The number of urea groups is 1. The quantitative estimate of drug-likeness (QED) is 0.944. The highest BCUT2D eigenvalue weighted by atomic mass is 32.1. The molecule has 0 aliphatic heterocycles. The van der Waals surface area contributed by atoms with E-state index in [0.29, 0.717) is 6.54 Å². The van der Waals surface area contributed by atoms with Crippen LogP contribution >= 0.6 is 11.3 Å². The maximum Gasteiger partial charge on any atom is 0.317 e. The van der Waals surface area contributed by atoms with Crippen LogP contribution in [0.4, 0.5) is 4.79 Å². The van der Waals surface area contributed by atoms with E-state index in [-0.39, 0.29) is 12.1 Å². The molecule has 0 aromatic carbocycles. The second-order valence-electron chi connectivity index (χ2n) is 5.23. The zero-order chi connectivity index (χ0) is 15.6. The van der Waals surface area contributed by atoms with E-state index in [1.165, 1.54) is 4.88 Å². The maximum absolute atomic E-state index is 12.3. The van der Waals surface area contributed by atoms with Gasteiger partial charge in [-0.25, -0.2) is 4.79 Å². The van der Waals surface area contributed by atoms with Crippen LogP contribution < -0.4 is 5.32 Å². The molecule has 0 saturated heterocycles. The number of rotatable bonds is 4. The third-order valence-corrected chi connectivity index (χ3v) is 4.97. The van der Waals surface area contributed by atoms with Gasteiger partial charge in [-0.3, -0.25) is 4.68 Å². The molecule has 0 radical (unpaired) electrons. The SMILES string of the molecule is Cc1nn(C)c(C)c1CNC(=O)N(C)C(C)c1cccs1. The number of carbonyl (C=O) groups is 1. The van der Waals surface area contributed by atoms with Gasteiger partial charge in [0.25, 0.3) is 0 Å². The molecule has 6 heteroatoms. The smallest absolute Gasteiger partial charge is 0.317 e. The summed E-state index contributed by atoms with van der Waals surface area (Å²) in [6.07, 6.45) is 0. The summed E-state index contributed by atoms with van der Waals surface area (Å²) in [6, 6.07) is 4.05. The van der Waals surface area contributed by atoms with Crippen molar-refractivity contribution in [2.24, 2.45) is 7.05 Å². The molecule has 1 atom stereocenters. The summed E-state index contributed by atoms with van der Waals surface area (Å²) in [5.74, 6) is 0. The monoisotopic (exact) mass is 306 g/mol. The summed E-state index contributed by atoms with van der Waals surface area (Å²) >= 11 is 1.66. The van der Waals surface area contributed by atoms with Crippen molar-refractivity contribution < 1.29 is 4.79 Å². The topological polar surface area (TPSA) is 50.2 Å². The van der Waals surface area contributed by atoms with Crippen molar-refractivity contribution in [2.45, 2.75) is 33.4 Å². The van der Waals surface area contributed by atoms with E-state index in [2.05, 4.69) is 16.5 Å². The van der Waals surface area contributed by atoms with Crippen LogP contribution in [0.5, 0.6) is 0 Å². The number of thiophene rings is 1. The lowest BCUT2D eigenvalue weighted by molar-refractivity contribution is 0.194. The highest BCUT2D eigenvalue weighted by Gasteiger charge is 2.18. The van der Waals surface area contributed by atoms with Gasteiger partial charge in [0.1, 0.15) is 0 Å². The molecule has 0 spiro atoms. The van der Waals surface area contributed by atoms with Gasteiger partial charge in [-0.05, 0) is 32.2 Å². The molecule has 114 valence electrons. The van der Waals surface area contributed by atoms with Gasteiger partial charge < -0.3 is 10.2 Å². The number of hydrogen-bond donors (Lipinski definition) is 1. The molecule has 2 amide bonds. The fourth-order valence-electron chi connectivity index (χ4n) is 2.26. The minimum absolute atomic E-state index is 0.0705. The molecular weight excluding hydrogens is 284 g/mol. The van der Waals surface area contributed by atoms with Gasteiger partial charge in [0.05, 0.1) is 11.7 Å². The first-order valence-corrected chi connectivity index (χ1v) is 7.83. The van der Waals surface area contributed by atoms with E-state index < -0.39 is 0 Å². The number of amides is 2. The highest BCUT2D eigenvalue weighted by molar-refractivity contribution is 7.10. The number of nitrogens with one attached hydrogen (secondary N) is 1. The normalized spacial score (nSPS) is 12.2. The van der Waals surface area contributed by atoms with Crippen molar-refractivity contribution in [2.75, 3.05) is 7.05 Å². The number of aromatic nitrogens is 2. The summed E-state index contributed by atoms with van der Waals surface area (Å²) < 4.78 is 1.84. The Balaban J connectivity index is 1.98. The van der Waals surface area contributed by atoms with Crippen LogP contribution in [0.2, 0.25) is 0 Å². The van der Waals surface area contributed by atoms with Gasteiger partial charge in [0.2, 0.25) is 0 Å². The van der Waals surface area contributed by atoms with E-state index in [0.717, 1.165) is 17.0 Å². The third-order valence-electron chi connectivity index (χ3n) is 3.93. The molecule has 0 fully saturated rings. The van der Waals surface area contributed by atoms with Crippen LogP contribution in [0.3, 0.4) is 0 Å². The zero-order valence-electron chi connectivity index (χ0n) is 13.2. The van der Waals surface area contributed by atoms with Gasteiger partial charge >= 0.3 is 6.03 Å². The highest BCUT2D eigenvalue weighted by Crippen LogP contribution is 2.23. The average Bonchev–Trinajstić information content (AvgIpc) is 3.06. The predicted octanol–water partition coefficient (Wildman–Crippen LogP) is 3.00. The molecule has 1 unspecified atom stereocenters. The van der Waals surface area contributed by atoms with Crippen molar-refractivity contribution in [1.82, 2.24) is 20.0 Å². The third kappa shape index (κ3) is 3.26. The van der Waals surface area contributed by atoms with Gasteiger partial charge in [-0.1, -0.05) is 6.07 Å². The van der Waals surface area contributed by atoms with Crippen LogP contribution in [0.15, 0.2) is 17.5 Å². The fraction of sp³-hybridized carbons (Fsp3) is 0.467. The Labute approximate surface area is 129 Å². The van der Waals surface area contributed by atoms with Crippen molar-refractivity contribution in [3.63, 3.8) is 0 Å². The molecule has 0 aliphatic rings. The molecule has 2 heterocycles. The summed E-state index contributed by atoms with van der Waals surface area (Å²) in [5.41, 5.74) is 3.13. The Bertz CT molecular complexity index is 618. The molecule has 5 nitrogen and oxygen atoms in total. The Morgan fingerprint density at radius 3 is 2.76 bits per heavy atom. The van der Waals surface area contributed by atoms with Crippen molar-refractivity contribution >= 4 is 17.4 Å². The molecule has 2 aromatic heterocycles. The van der Waals surface area contributed by atoms with E-state index >= 15 is 0 Å². The van der Waals surface area contributed by atoms with E-state index in [1.54, 1.807) is 16.2 Å². The van der Waals surface area contributed by atoms with Crippen molar-refractivity contribution in [1.29, 1.82) is 0 Å². The minimum atomic E-state index is -0.0708. The molecule has 0 aliphatic carbocycles. The Morgan fingerprint density at radius 1 is 1.52 bits per heavy atom. The summed E-state index contributed by atoms with van der Waals surface area (Å²) in [7, 11) is 3.74. The van der Waals surface area contributed by atoms with Crippen LogP contribution in [-0.2, 0) is 13.6 Å². The Morgan fingerprint density at radius 2 is 2.24 bits per heavy atom. The number of aryl methyl sites for hydroxylation is 2. The lowest BCUT2D eigenvalue weighted by Gasteiger charge is -2.24. The molecular formula is C15H22N4OS. The minimum Gasteiger partial charge on any atom is -0.334 e. The van der Waals surface area contributed by atoms with Crippen LogP contribution in [-0.4, -0.2) is 27.8 Å². The average molecular weight is 306 g/mol. The Kier molecular flexibility index (Phi) is 4.67. The standard InChI is InChI=1S/C15H22N4OS/c1-10-13(11(2)19(5)17-10)9-16-15(20)18(4)12(3)14-7-6-8-21-14/h6-8,12H,9H2,1-5H3,(H,16,20). The van der Waals surface area contributed by atoms with Crippen LogP contribution in [0.1, 0.15) is 34.8 Å². The van der Waals surface area contributed by atoms with E-state index in [4.69, 9.17) is 0 Å². The lowest BCUT2D eigenvalue weighted by Crippen LogP contribution is -2.38. The second-order valence-corrected chi connectivity index (χ2v) is 6.21. The van der Waals surface area contributed by atoms with Crippen molar-refractivity contribution in [3.05, 3.63) is 39.3 Å². The molecule has 2 rings (SSSR count). The zero-order valence-corrected chi connectivity index (χ0v) is 14.0. The van der Waals surface area contributed by atoms with Gasteiger partial charge in [-0.15, -0.1) is 11.3 Å². The molecule has 0 bridgehead atoms. The molecule has 2 aromatic rings. The Hall–Kier alpha value is -1.82. The summed E-state index contributed by atoms with van der Waals surface area (Å²) in [5, 5.41) is 9.37. The summed E-state index contributed by atoms with van der Waals surface area (Å²) in [4.78, 5) is 15.2. The first-order valence-electron chi connectivity index (χ1n) is 6.95. The largest absolute Gasteiger partial charge is 0.334 e. The van der Waals surface area contributed by atoms with Crippen LogP contribution in [0.25, 0.3) is 0 Å². The van der Waals surface area contributed by atoms with Crippen LogP contribution in [0, 0.1) is 13.8 Å². The van der Waals surface area contributed by atoms with Gasteiger partial charge in [-0.2, -0.15) is 5.10 Å². The van der Waals surface area contributed by atoms with Gasteiger partial charge in [0.15, 0.2) is 0 Å².